The van der Waals surface area contributed by atoms with Crippen molar-refractivity contribution in [3.63, 3.8) is 0 Å². The minimum absolute atomic E-state index is 0.0660. The number of amides is 1. The topological polar surface area (TPSA) is 91.8 Å². The summed E-state index contributed by atoms with van der Waals surface area (Å²) in [6.07, 6.45) is 2.66. The van der Waals surface area contributed by atoms with Crippen LogP contribution in [-0.2, 0) is 0 Å². The summed E-state index contributed by atoms with van der Waals surface area (Å²) in [4.78, 5) is 26.4. The summed E-state index contributed by atoms with van der Waals surface area (Å²) in [5.41, 5.74) is 2.63. The molecule has 1 aromatic carbocycles. The first-order chi connectivity index (χ1) is 18.2. The third kappa shape index (κ3) is 4.49. The lowest BCUT2D eigenvalue weighted by molar-refractivity contribution is -0.0925. The Hall–Kier alpha value is -3.93. The minimum atomic E-state index is -2.73. The number of anilines is 2. The molecule has 0 bridgehead atoms. The molecule has 0 atom stereocenters. The van der Waals surface area contributed by atoms with Crippen LogP contribution in [0.4, 0.5) is 24.5 Å². The van der Waals surface area contributed by atoms with E-state index in [1.165, 1.54) is 12.3 Å². The second-order valence-corrected chi connectivity index (χ2v) is 10.1. The zero-order chi connectivity index (χ0) is 26.6. The fourth-order valence-corrected chi connectivity index (χ4v) is 4.87. The van der Waals surface area contributed by atoms with Crippen molar-refractivity contribution in [2.75, 3.05) is 43.4 Å². The Kier molecular flexibility index (Phi) is 5.86. The van der Waals surface area contributed by atoms with Crippen molar-refractivity contribution in [1.82, 2.24) is 24.4 Å². The minimum Gasteiger partial charge on any atom is -0.368 e. The molecule has 4 heterocycles. The first kappa shape index (κ1) is 24.4. The highest BCUT2D eigenvalue weighted by Crippen LogP contribution is 2.48. The highest BCUT2D eigenvalue weighted by Gasteiger charge is 2.48. The number of likely N-dealkylation sites (N-methyl/N-ethyl adjacent to an activating group) is 1. The van der Waals surface area contributed by atoms with Gasteiger partial charge in [-0.1, -0.05) is 5.16 Å². The van der Waals surface area contributed by atoms with Gasteiger partial charge in [-0.2, -0.15) is 4.98 Å². The second-order valence-electron chi connectivity index (χ2n) is 10.1. The van der Waals surface area contributed by atoms with E-state index in [-0.39, 0.29) is 41.4 Å². The Labute approximate surface area is 216 Å². The van der Waals surface area contributed by atoms with Crippen LogP contribution in [-0.4, -0.2) is 69.5 Å². The molecule has 1 saturated heterocycles. The third-order valence-corrected chi connectivity index (χ3v) is 7.32. The largest absolute Gasteiger partial charge is 0.368 e. The first-order valence-corrected chi connectivity index (χ1v) is 12.4. The van der Waals surface area contributed by atoms with Crippen LogP contribution in [0.15, 0.2) is 41.2 Å². The lowest BCUT2D eigenvalue weighted by Gasteiger charge is -2.34. The lowest BCUT2D eigenvalue weighted by atomic mass is 9.81. The molecule has 1 aliphatic heterocycles. The van der Waals surface area contributed by atoms with Crippen molar-refractivity contribution in [3.05, 3.63) is 59.6 Å². The Bertz CT molecular complexity index is 1520. The molecule has 198 valence electrons. The smallest absolute Gasteiger partial charge is 0.274 e. The van der Waals surface area contributed by atoms with E-state index >= 15 is 0 Å². The van der Waals surface area contributed by atoms with E-state index in [1.54, 1.807) is 17.4 Å². The number of rotatable bonds is 5. The molecular formula is C26H26F3N7O2. The van der Waals surface area contributed by atoms with E-state index in [0.717, 1.165) is 31.9 Å². The molecule has 4 aromatic rings. The number of hydrogen-bond acceptors (Lipinski definition) is 7. The van der Waals surface area contributed by atoms with E-state index in [0.29, 0.717) is 11.3 Å². The van der Waals surface area contributed by atoms with E-state index in [9.17, 15) is 18.0 Å². The van der Waals surface area contributed by atoms with Crippen molar-refractivity contribution >= 4 is 22.9 Å². The number of alkyl halides is 2. The third-order valence-electron chi connectivity index (χ3n) is 7.32. The number of benzene rings is 1. The predicted molar refractivity (Wildman–Crippen MR) is 134 cm³/mol. The molecular weight excluding hydrogens is 499 g/mol. The van der Waals surface area contributed by atoms with Gasteiger partial charge in [0.25, 0.3) is 5.91 Å². The molecule has 38 heavy (non-hydrogen) atoms. The summed E-state index contributed by atoms with van der Waals surface area (Å²) in [6, 6.07) is 6.62. The van der Waals surface area contributed by atoms with Crippen LogP contribution in [0.5, 0.6) is 0 Å². The second kappa shape index (κ2) is 9.12. The van der Waals surface area contributed by atoms with Gasteiger partial charge in [0.05, 0.1) is 11.9 Å². The van der Waals surface area contributed by atoms with Gasteiger partial charge in [0.15, 0.2) is 0 Å². The van der Waals surface area contributed by atoms with Crippen molar-refractivity contribution < 1.29 is 22.5 Å². The van der Waals surface area contributed by atoms with E-state index in [2.05, 4.69) is 37.3 Å². The summed E-state index contributed by atoms with van der Waals surface area (Å²) in [7, 11) is 2.09. The van der Waals surface area contributed by atoms with Gasteiger partial charge in [0.2, 0.25) is 17.6 Å². The Morgan fingerprint density at radius 3 is 2.66 bits per heavy atom. The van der Waals surface area contributed by atoms with Crippen LogP contribution in [0.25, 0.3) is 17.0 Å². The number of pyridine rings is 1. The van der Waals surface area contributed by atoms with Crippen LogP contribution in [0.1, 0.15) is 40.7 Å². The summed E-state index contributed by atoms with van der Waals surface area (Å²) >= 11 is 0. The molecule has 1 aliphatic carbocycles. The van der Waals surface area contributed by atoms with E-state index in [1.807, 2.05) is 18.3 Å². The molecule has 12 heteroatoms. The van der Waals surface area contributed by atoms with Crippen molar-refractivity contribution in [3.8, 4) is 11.4 Å². The number of imidazole rings is 1. The standard InChI is InChI=1S/C26H26F3N7O2/c1-15-19(27)9-16(23-32-25(38-33-23)17-11-26(28,29)12-17)10-20(15)31-24(37)21-13-30-22-4-3-18(14-36(21)22)35-7-5-34(2)6-8-35/h3-4,9-10,13-14,17H,5-8,11-12H2,1-2H3,(H,31,37). The number of halogens is 3. The first-order valence-electron chi connectivity index (χ1n) is 12.4. The number of hydrogen-bond donors (Lipinski definition) is 1. The summed E-state index contributed by atoms with van der Waals surface area (Å²) in [5.74, 6) is -4.12. The molecule has 1 amide bonds. The Morgan fingerprint density at radius 2 is 1.92 bits per heavy atom. The van der Waals surface area contributed by atoms with Gasteiger partial charge < -0.3 is 19.6 Å². The molecule has 6 rings (SSSR count). The van der Waals surface area contributed by atoms with Crippen LogP contribution in [0.2, 0.25) is 0 Å². The van der Waals surface area contributed by atoms with Crippen molar-refractivity contribution in [2.45, 2.75) is 31.6 Å². The monoisotopic (exact) mass is 525 g/mol. The number of carbonyl (C=O) groups is 1. The maximum absolute atomic E-state index is 14.8. The Balaban J connectivity index is 1.25. The number of piperazine rings is 1. The zero-order valence-corrected chi connectivity index (χ0v) is 20.9. The summed E-state index contributed by atoms with van der Waals surface area (Å²) < 4.78 is 48.2. The molecule has 0 unspecified atom stereocenters. The highest BCUT2D eigenvalue weighted by molar-refractivity contribution is 6.04. The molecule has 9 nitrogen and oxygen atoms in total. The van der Waals surface area contributed by atoms with E-state index < -0.39 is 23.6 Å². The summed E-state index contributed by atoms with van der Waals surface area (Å²) in [5, 5.41) is 6.62. The number of fused-ring (bicyclic) bond motifs is 1. The van der Waals surface area contributed by atoms with Crippen molar-refractivity contribution in [1.29, 1.82) is 0 Å². The molecule has 2 fully saturated rings. The maximum Gasteiger partial charge on any atom is 0.274 e. The van der Waals surface area contributed by atoms with Gasteiger partial charge >= 0.3 is 0 Å². The molecule has 3 aromatic heterocycles. The fraction of sp³-hybridized carbons (Fsp3) is 0.385. The van der Waals surface area contributed by atoms with Gasteiger partial charge in [0, 0.05) is 67.9 Å². The number of carbonyl (C=O) groups excluding carboxylic acids is 1. The van der Waals surface area contributed by atoms with Gasteiger partial charge in [-0.3, -0.25) is 9.20 Å². The average molecular weight is 526 g/mol. The number of aromatic nitrogens is 4. The van der Waals surface area contributed by atoms with Crippen LogP contribution in [0, 0.1) is 12.7 Å². The molecule has 0 radical (unpaired) electrons. The number of nitrogens with one attached hydrogen (secondary N) is 1. The van der Waals surface area contributed by atoms with Gasteiger partial charge in [-0.25, -0.2) is 18.2 Å². The quantitative estimate of drug-likeness (QED) is 0.414. The van der Waals surface area contributed by atoms with Crippen molar-refractivity contribution in [2.24, 2.45) is 0 Å². The molecule has 1 saturated carbocycles. The van der Waals surface area contributed by atoms with Gasteiger partial charge in [-0.05, 0) is 38.2 Å². The Morgan fingerprint density at radius 1 is 1.16 bits per heavy atom. The zero-order valence-electron chi connectivity index (χ0n) is 20.9. The highest BCUT2D eigenvalue weighted by atomic mass is 19.3. The predicted octanol–water partition coefficient (Wildman–Crippen LogP) is 4.35. The van der Waals surface area contributed by atoms with Gasteiger partial charge in [-0.15, -0.1) is 0 Å². The normalized spacial score (nSPS) is 18.1. The lowest BCUT2D eigenvalue weighted by Crippen LogP contribution is -2.44. The van der Waals surface area contributed by atoms with Crippen LogP contribution < -0.4 is 10.2 Å². The van der Waals surface area contributed by atoms with Crippen LogP contribution >= 0.6 is 0 Å². The SMILES string of the molecule is Cc1c(F)cc(-c2noc(C3CC(F)(F)C3)n2)cc1NC(=O)c1cnc2ccc(N3CCN(C)CC3)cn12. The maximum atomic E-state index is 14.8. The van der Waals surface area contributed by atoms with E-state index in [4.69, 9.17) is 4.52 Å². The van der Waals surface area contributed by atoms with Crippen LogP contribution in [0.3, 0.4) is 0 Å². The molecule has 1 N–H and O–H groups in total. The molecule has 2 aliphatic rings. The fourth-order valence-electron chi connectivity index (χ4n) is 4.87. The van der Waals surface area contributed by atoms with Gasteiger partial charge in [0.1, 0.15) is 17.2 Å². The summed E-state index contributed by atoms with van der Waals surface area (Å²) in [6.45, 7) is 5.21. The number of nitrogens with zero attached hydrogens (tertiary/aromatic N) is 6. The average Bonchev–Trinajstić information content (AvgIpc) is 3.53. The molecule has 0 spiro atoms.